The molecular formula is C16H19ClN2O3S2. The molecule has 2 aliphatic rings. The zero-order chi connectivity index (χ0) is 17.3. The molecule has 1 amide bonds. The van der Waals surface area contributed by atoms with E-state index in [0.717, 1.165) is 12.8 Å². The van der Waals surface area contributed by atoms with Crippen molar-refractivity contribution in [1.29, 1.82) is 0 Å². The summed E-state index contributed by atoms with van der Waals surface area (Å²) in [4.78, 5) is 18.2. The smallest absolute Gasteiger partial charge is 0.248 e. The molecule has 0 aromatic heterocycles. The van der Waals surface area contributed by atoms with Crippen LogP contribution in [0.2, 0.25) is 5.02 Å². The summed E-state index contributed by atoms with van der Waals surface area (Å²) in [7, 11) is -3.07. The summed E-state index contributed by atoms with van der Waals surface area (Å²) >= 11 is 7.69. The number of sulfone groups is 1. The van der Waals surface area contributed by atoms with E-state index in [1.807, 2.05) is 30.0 Å². The maximum atomic E-state index is 12.1. The predicted octanol–water partition coefficient (Wildman–Crippen LogP) is 3.13. The second kappa shape index (κ2) is 7.06. The lowest BCUT2D eigenvalue weighted by molar-refractivity contribution is -0.117. The third kappa shape index (κ3) is 3.63. The fourth-order valence-electron chi connectivity index (χ4n) is 2.98. The molecule has 0 bridgehead atoms. The summed E-state index contributed by atoms with van der Waals surface area (Å²) in [6.07, 6.45) is 2.14. The number of para-hydroxylation sites is 1. The fourth-order valence-corrected chi connectivity index (χ4v) is 7.13. The Hall–Kier alpha value is -1.05. The molecule has 0 saturated carbocycles. The number of aliphatic imine (C=N–C) groups is 1. The van der Waals surface area contributed by atoms with Crippen LogP contribution in [0.25, 0.3) is 0 Å². The summed E-state index contributed by atoms with van der Waals surface area (Å²) in [5, 5.41) is 0.981. The van der Waals surface area contributed by atoms with Crippen molar-refractivity contribution in [1.82, 2.24) is 0 Å². The molecule has 2 heterocycles. The van der Waals surface area contributed by atoms with E-state index in [0.29, 0.717) is 22.3 Å². The van der Waals surface area contributed by atoms with Crippen LogP contribution in [0.4, 0.5) is 5.69 Å². The topological polar surface area (TPSA) is 66.8 Å². The number of nitrogens with zero attached hydrogens (tertiary/aromatic N) is 2. The highest BCUT2D eigenvalue weighted by Crippen LogP contribution is 2.42. The number of thioether (sulfide) groups is 1. The maximum Gasteiger partial charge on any atom is 0.248 e. The van der Waals surface area contributed by atoms with Gasteiger partial charge < -0.3 is 4.90 Å². The molecule has 2 saturated heterocycles. The zero-order valence-electron chi connectivity index (χ0n) is 13.3. The molecular weight excluding hydrogens is 368 g/mol. The van der Waals surface area contributed by atoms with Crippen molar-refractivity contribution < 1.29 is 13.2 Å². The van der Waals surface area contributed by atoms with Gasteiger partial charge in [0.25, 0.3) is 0 Å². The highest BCUT2D eigenvalue weighted by molar-refractivity contribution is 8.16. The Morgan fingerprint density at radius 2 is 2.12 bits per heavy atom. The van der Waals surface area contributed by atoms with Crippen LogP contribution in [0, 0.1) is 0 Å². The van der Waals surface area contributed by atoms with Crippen LogP contribution < -0.4 is 4.90 Å². The molecule has 2 fully saturated rings. The number of hydrogen-bond acceptors (Lipinski definition) is 4. The molecule has 3 rings (SSSR count). The Morgan fingerprint density at radius 1 is 1.38 bits per heavy atom. The van der Waals surface area contributed by atoms with Crippen molar-refractivity contribution in [2.24, 2.45) is 4.99 Å². The number of carbonyl (C=O) groups excluding carboxylic acids is 1. The van der Waals surface area contributed by atoms with Gasteiger partial charge in [-0.3, -0.25) is 4.79 Å². The first-order valence-electron chi connectivity index (χ1n) is 7.93. The van der Waals surface area contributed by atoms with Crippen molar-refractivity contribution in [2.45, 2.75) is 37.5 Å². The molecule has 0 unspecified atom stereocenters. The highest BCUT2D eigenvalue weighted by Gasteiger charge is 2.49. The van der Waals surface area contributed by atoms with Gasteiger partial charge in [0.1, 0.15) is 0 Å². The van der Waals surface area contributed by atoms with E-state index >= 15 is 0 Å². The van der Waals surface area contributed by atoms with Gasteiger partial charge in [0.15, 0.2) is 15.0 Å². The third-order valence-electron chi connectivity index (χ3n) is 4.14. The van der Waals surface area contributed by atoms with Gasteiger partial charge in [-0.25, -0.2) is 8.42 Å². The van der Waals surface area contributed by atoms with Crippen LogP contribution in [0.15, 0.2) is 29.3 Å². The van der Waals surface area contributed by atoms with Crippen molar-refractivity contribution >= 4 is 50.0 Å². The average Bonchev–Trinajstić information content (AvgIpc) is 2.97. The van der Waals surface area contributed by atoms with Crippen LogP contribution >= 0.6 is 23.4 Å². The molecule has 1 aromatic rings. The van der Waals surface area contributed by atoms with Crippen LogP contribution in [-0.4, -0.2) is 42.3 Å². The minimum atomic E-state index is -3.07. The number of rotatable bonds is 4. The SMILES string of the molecule is CCCCC(=O)N=C1S[C@H]2CS(=O)(=O)C[C@H]2N1c1ccccc1Cl. The van der Waals surface area contributed by atoms with Crippen LogP contribution in [0.3, 0.4) is 0 Å². The quantitative estimate of drug-likeness (QED) is 0.795. The zero-order valence-corrected chi connectivity index (χ0v) is 15.7. The predicted molar refractivity (Wildman–Crippen MR) is 99.7 cm³/mol. The Labute approximate surface area is 151 Å². The van der Waals surface area contributed by atoms with Gasteiger partial charge in [0.05, 0.1) is 28.3 Å². The van der Waals surface area contributed by atoms with E-state index in [9.17, 15) is 13.2 Å². The molecule has 0 N–H and O–H groups in total. The maximum absolute atomic E-state index is 12.1. The second-order valence-corrected chi connectivity index (χ2v) is 9.78. The fraction of sp³-hybridized carbons (Fsp3) is 0.500. The largest absolute Gasteiger partial charge is 0.314 e. The number of benzene rings is 1. The molecule has 1 aromatic carbocycles. The van der Waals surface area contributed by atoms with Crippen LogP contribution in [0.5, 0.6) is 0 Å². The first-order chi connectivity index (χ1) is 11.4. The first kappa shape index (κ1) is 17.8. The van der Waals surface area contributed by atoms with E-state index < -0.39 is 9.84 Å². The second-order valence-electron chi connectivity index (χ2n) is 6.01. The van der Waals surface area contributed by atoms with E-state index in [2.05, 4.69) is 4.99 Å². The third-order valence-corrected chi connectivity index (χ3v) is 7.67. The van der Waals surface area contributed by atoms with E-state index in [-0.39, 0.29) is 28.7 Å². The highest BCUT2D eigenvalue weighted by atomic mass is 35.5. The molecule has 2 aliphatic heterocycles. The van der Waals surface area contributed by atoms with Crippen molar-refractivity contribution in [2.75, 3.05) is 16.4 Å². The lowest BCUT2D eigenvalue weighted by Crippen LogP contribution is -2.37. The Balaban J connectivity index is 1.96. The minimum absolute atomic E-state index is 0.0675. The molecule has 24 heavy (non-hydrogen) atoms. The standard InChI is InChI=1S/C16H19ClN2O3S2/c1-2-3-8-15(20)18-16-19(12-7-5-4-6-11(12)17)13-9-24(21,22)10-14(13)23-16/h4-7,13-14H,2-3,8-10H2,1H3/t13-,14+/m1/s1. The average molecular weight is 387 g/mol. The molecule has 2 atom stereocenters. The summed E-state index contributed by atoms with van der Waals surface area (Å²) in [5.41, 5.74) is 0.707. The van der Waals surface area contributed by atoms with Crippen molar-refractivity contribution in [3.63, 3.8) is 0 Å². The Morgan fingerprint density at radius 3 is 2.83 bits per heavy atom. The summed E-state index contributed by atoms with van der Waals surface area (Å²) in [6, 6.07) is 7.04. The lowest BCUT2D eigenvalue weighted by atomic mass is 10.2. The number of amidine groups is 1. The van der Waals surface area contributed by atoms with Gasteiger partial charge in [-0.2, -0.15) is 4.99 Å². The number of hydrogen-bond donors (Lipinski definition) is 0. The molecule has 130 valence electrons. The van der Waals surface area contributed by atoms with E-state index in [1.165, 1.54) is 11.8 Å². The van der Waals surface area contributed by atoms with Crippen molar-refractivity contribution in [3.8, 4) is 0 Å². The lowest BCUT2D eigenvalue weighted by Gasteiger charge is -2.25. The molecule has 0 spiro atoms. The molecule has 5 nitrogen and oxygen atoms in total. The Kier molecular flexibility index (Phi) is 5.22. The van der Waals surface area contributed by atoms with Gasteiger partial charge >= 0.3 is 0 Å². The van der Waals surface area contributed by atoms with Gasteiger partial charge in [0, 0.05) is 11.7 Å². The molecule has 0 radical (unpaired) electrons. The van der Waals surface area contributed by atoms with E-state index in [1.54, 1.807) is 6.07 Å². The molecule has 8 heteroatoms. The minimum Gasteiger partial charge on any atom is -0.314 e. The molecule has 0 aliphatic carbocycles. The number of unbranched alkanes of at least 4 members (excludes halogenated alkanes) is 1. The first-order valence-corrected chi connectivity index (χ1v) is 11.0. The van der Waals surface area contributed by atoms with E-state index in [4.69, 9.17) is 11.6 Å². The number of halogens is 1. The summed E-state index contributed by atoms with van der Waals surface area (Å²) < 4.78 is 24.0. The van der Waals surface area contributed by atoms with Crippen molar-refractivity contribution in [3.05, 3.63) is 29.3 Å². The number of carbonyl (C=O) groups is 1. The number of anilines is 1. The van der Waals surface area contributed by atoms with Crippen LogP contribution in [-0.2, 0) is 14.6 Å². The van der Waals surface area contributed by atoms with Gasteiger partial charge in [-0.15, -0.1) is 0 Å². The Bertz CT molecular complexity index is 779. The van der Waals surface area contributed by atoms with Gasteiger partial charge in [0.2, 0.25) is 5.91 Å². The number of fused-ring (bicyclic) bond motifs is 1. The normalized spacial score (nSPS) is 26.8. The number of amides is 1. The summed E-state index contributed by atoms with van der Waals surface area (Å²) in [6.45, 7) is 2.02. The van der Waals surface area contributed by atoms with Gasteiger partial charge in [-0.1, -0.05) is 48.8 Å². The van der Waals surface area contributed by atoms with Crippen LogP contribution in [0.1, 0.15) is 26.2 Å². The van der Waals surface area contributed by atoms with Gasteiger partial charge in [-0.05, 0) is 18.6 Å². The monoisotopic (exact) mass is 386 g/mol. The summed E-state index contributed by atoms with van der Waals surface area (Å²) in [5.74, 6) is 0.0167.